The summed E-state index contributed by atoms with van der Waals surface area (Å²) >= 11 is 0. The molecule has 0 bridgehead atoms. The molecular weight excluding hydrogens is 735 g/mol. The van der Waals surface area contributed by atoms with E-state index in [1.165, 1.54) is 32.7 Å². The molecule has 0 fully saturated rings. The van der Waals surface area contributed by atoms with Gasteiger partial charge in [0.25, 0.3) is 0 Å². The number of hydrogen-bond acceptors (Lipinski definition) is 4. The molecule has 2 aliphatic carbocycles. The molecule has 0 spiro atoms. The van der Waals surface area contributed by atoms with Gasteiger partial charge in [0.15, 0.2) is 5.58 Å². The van der Waals surface area contributed by atoms with E-state index in [0.717, 1.165) is 73.8 Å². The molecule has 0 radical (unpaired) electrons. The number of aromatic nitrogens is 2. The Morgan fingerprint density at radius 2 is 1.22 bits per heavy atom. The van der Waals surface area contributed by atoms with Gasteiger partial charge < -0.3 is 18.5 Å². The first-order valence-electron chi connectivity index (χ1n) is 20.5. The van der Waals surface area contributed by atoms with Gasteiger partial charge in [0.1, 0.15) is 17.9 Å². The minimum Gasteiger partial charge on any atom is -0.454 e. The highest BCUT2D eigenvalue weighted by molar-refractivity contribution is 6.18. The van der Waals surface area contributed by atoms with Crippen molar-refractivity contribution in [3.05, 3.63) is 186 Å². The van der Waals surface area contributed by atoms with Crippen molar-refractivity contribution in [3.8, 4) is 17.8 Å². The minimum absolute atomic E-state index is 0.0348. The monoisotopic (exact) mass is 767 g/mol. The van der Waals surface area contributed by atoms with E-state index in [9.17, 15) is 10.5 Å². The number of aryl methyl sites for hydroxylation is 1. The van der Waals surface area contributed by atoms with Crippen LogP contribution in [0.15, 0.2) is 162 Å². The number of furan rings is 1. The van der Waals surface area contributed by atoms with Crippen LogP contribution >= 0.6 is 0 Å². The zero-order valence-electron chi connectivity index (χ0n) is 32.3. The maximum Gasteiger partial charge on any atom is 0.159 e. The minimum atomic E-state index is -0.137. The number of rotatable bonds is 3. The van der Waals surface area contributed by atoms with E-state index in [4.69, 9.17) is 4.42 Å². The zero-order valence-corrected chi connectivity index (χ0v) is 32.3. The Hall–Kier alpha value is -8.06. The van der Waals surface area contributed by atoms with Gasteiger partial charge in [-0.1, -0.05) is 115 Å². The molecule has 0 N–H and O–H groups in total. The van der Waals surface area contributed by atoms with Crippen LogP contribution in [0, 0.1) is 22.7 Å². The number of benzene rings is 7. The Morgan fingerprint density at radius 3 is 1.97 bits per heavy atom. The van der Waals surface area contributed by atoms with Crippen LogP contribution < -0.4 is 4.90 Å². The third-order valence-corrected chi connectivity index (χ3v) is 13.2. The van der Waals surface area contributed by atoms with Gasteiger partial charge in [-0.2, -0.15) is 10.5 Å². The molecule has 6 heteroatoms. The second kappa shape index (κ2) is 12.2. The van der Waals surface area contributed by atoms with E-state index in [1.807, 2.05) is 24.3 Å². The van der Waals surface area contributed by atoms with Gasteiger partial charge in [0, 0.05) is 49.8 Å². The quantitative estimate of drug-likeness (QED) is 0.179. The smallest absolute Gasteiger partial charge is 0.159 e. The van der Waals surface area contributed by atoms with Gasteiger partial charge in [0.2, 0.25) is 0 Å². The average Bonchev–Trinajstić information content (AvgIpc) is 4.05. The summed E-state index contributed by atoms with van der Waals surface area (Å²) in [5, 5.41) is 30.2. The van der Waals surface area contributed by atoms with Crippen LogP contribution in [0.25, 0.3) is 82.8 Å². The van der Waals surface area contributed by atoms with Crippen LogP contribution in [0.3, 0.4) is 0 Å². The normalized spacial score (nSPS) is 16.8. The third kappa shape index (κ3) is 4.34. The molecule has 10 aromatic rings. The van der Waals surface area contributed by atoms with Crippen LogP contribution in [0.4, 0.5) is 11.4 Å². The standard InChI is InChI=1S/C54H33N5O/c55-30-33-28-50(59-46-19-9-5-15-39(46)41-23-24-42-40-16-6-10-20-51(40)60-54(42)53(41)59)34(31-56)27-49(33)58-47-26-22-35(29-43(47)52-36-12-2-1-11-32(36)21-25-48(52)58)57-44-17-7-3-13-37(44)38-14-4-8-18-45(38)57/h1-5,7-15,17-29,43,47H,6,16H2. The first-order valence-corrected chi connectivity index (χ1v) is 20.5. The van der Waals surface area contributed by atoms with Crippen molar-refractivity contribution in [2.45, 2.75) is 24.8 Å². The Balaban J connectivity index is 1.04. The molecule has 4 heterocycles. The molecule has 0 amide bonds. The highest BCUT2D eigenvalue weighted by Crippen LogP contribution is 2.53. The summed E-state index contributed by atoms with van der Waals surface area (Å²) in [6.07, 6.45) is 13.0. The lowest BCUT2D eigenvalue weighted by Gasteiger charge is -2.31. The van der Waals surface area contributed by atoms with E-state index < -0.39 is 0 Å². The lowest BCUT2D eigenvalue weighted by Crippen LogP contribution is -2.30. The van der Waals surface area contributed by atoms with Crippen molar-refractivity contribution < 1.29 is 4.42 Å². The summed E-state index contributed by atoms with van der Waals surface area (Å²) in [4.78, 5) is 2.29. The number of nitriles is 2. The van der Waals surface area contributed by atoms with Crippen molar-refractivity contribution in [2.75, 3.05) is 4.90 Å². The molecule has 60 heavy (non-hydrogen) atoms. The highest BCUT2D eigenvalue weighted by atomic mass is 16.3. The number of fused-ring (bicyclic) bond motifs is 15. The first kappa shape index (κ1) is 33.0. The van der Waals surface area contributed by atoms with E-state index in [-0.39, 0.29) is 12.0 Å². The second-order valence-electron chi connectivity index (χ2n) is 16.1. The van der Waals surface area contributed by atoms with Gasteiger partial charge in [-0.3, -0.25) is 0 Å². The summed E-state index contributed by atoms with van der Waals surface area (Å²) in [7, 11) is 0. The van der Waals surface area contributed by atoms with Crippen LogP contribution in [0.2, 0.25) is 0 Å². The molecule has 6 nitrogen and oxygen atoms in total. The number of allylic oxidation sites excluding steroid dienone is 3. The number of nitrogens with zero attached hydrogens (tertiary/aromatic N) is 5. The average molecular weight is 768 g/mol. The van der Waals surface area contributed by atoms with E-state index >= 15 is 0 Å². The topological polar surface area (TPSA) is 73.8 Å². The van der Waals surface area contributed by atoms with Crippen molar-refractivity contribution in [3.63, 3.8) is 0 Å². The molecule has 2 unspecified atom stereocenters. The Kier molecular flexibility index (Phi) is 6.72. The molecular formula is C54H33N5O. The molecule has 1 aliphatic heterocycles. The molecule has 3 aromatic heterocycles. The van der Waals surface area contributed by atoms with Crippen LogP contribution in [0.5, 0.6) is 0 Å². The molecule has 13 rings (SSSR count). The summed E-state index contributed by atoms with van der Waals surface area (Å²) in [5.74, 6) is 0.854. The molecule has 0 saturated carbocycles. The zero-order chi connectivity index (χ0) is 39.6. The summed E-state index contributed by atoms with van der Waals surface area (Å²) in [5.41, 5.74) is 11.9. The van der Waals surface area contributed by atoms with Crippen molar-refractivity contribution in [2.24, 2.45) is 0 Å². The Labute approximate surface area is 344 Å². The summed E-state index contributed by atoms with van der Waals surface area (Å²) in [6.45, 7) is 0. The van der Waals surface area contributed by atoms with Crippen LogP contribution in [-0.4, -0.2) is 15.2 Å². The fourth-order valence-electron chi connectivity index (χ4n) is 10.7. The van der Waals surface area contributed by atoms with Crippen molar-refractivity contribution in [1.82, 2.24) is 9.13 Å². The third-order valence-electron chi connectivity index (χ3n) is 13.2. The SMILES string of the molecule is N#Cc1cc(-n2c3ccccc3c3ccc4c5c(oc4c32)C=CCC5)c(C#N)cc1N1c2ccc3ccccc3c2C2C=C(n3c4ccccc4c4ccccc43)C=CC21. The highest BCUT2D eigenvalue weighted by Gasteiger charge is 2.41. The largest absolute Gasteiger partial charge is 0.454 e. The second-order valence-corrected chi connectivity index (χ2v) is 16.1. The molecule has 280 valence electrons. The first-order chi connectivity index (χ1) is 29.7. The Morgan fingerprint density at radius 1 is 0.583 bits per heavy atom. The van der Waals surface area contributed by atoms with Crippen molar-refractivity contribution in [1.29, 1.82) is 10.5 Å². The van der Waals surface area contributed by atoms with E-state index in [2.05, 4.69) is 166 Å². The predicted molar refractivity (Wildman–Crippen MR) is 243 cm³/mol. The number of para-hydroxylation sites is 3. The lowest BCUT2D eigenvalue weighted by molar-refractivity contribution is 0.597. The van der Waals surface area contributed by atoms with Crippen LogP contribution in [0.1, 0.15) is 40.4 Å². The van der Waals surface area contributed by atoms with Gasteiger partial charge in [-0.25, -0.2) is 0 Å². The molecule has 3 aliphatic rings. The van der Waals surface area contributed by atoms with E-state index in [0.29, 0.717) is 22.5 Å². The van der Waals surface area contributed by atoms with Gasteiger partial charge >= 0.3 is 0 Å². The van der Waals surface area contributed by atoms with Gasteiger partial charge in [0.05, 0.1) is 50.6 Å². The van der Waals surface area contributed by atoms with Crippen LogP contribution in [-0.2, 0) is 6.42 Å². The maximum absolute atomic E-state index is 11.1. The molecule has 2 atom stereocenters. The lowest BCUT2D eigenvalue weighted by atomic mass is 9.87. The van der Waals surface area contributed by atoms with Gasteiger partial charge in [-0.05, 0) is 77.7 Å². The van der Waals surface area contributed by atoms with Gasteiger partial charge in [-0.15, -0.1) is 0 Å². The van der Waals surface area contributed by atoms with E-state index in [1.54, 1.807) is 0 Å². The number of hydrogen-bond donors (Lipinski definition) is 0. The molecule has 7 aromatic carbocycles. The number of anilines is 2. The summed E-state index contributed by atoms with van der Waals surface area (Å²) in [6, 6.07) is 51.7. The fourth-order valence-corrected chi connectivity index (χ4v) is 10.7. The van der Waals surface area contributed by atoms with Crippen molar-refractivity contribution >= 4 is 88.5 Å². The fraction of sp³-hybridized carbons (Fsp3) is 0.0741. The Bertz CT molecular complexity index is 3670. The molecule has 0 saturated heterocycles. The maximum atomic E-state index is 11.1. The predicted octanol–water partition coefficient (Wildman–Crippen LogP) is 13.2. The summed E-state index contributed by atoms with van der Waals surface area (Å²) < 4.78 is 11.2.